The molecule has 1 aliphatic rings. The molecule has 4 aromatic rings. The number of benzene rings is 2. The molecule has 14 heteroatoms. The van der Waals surface area contributed by atoms with Gasteiger partial charge in [-0.3, -0.25) is 14.7 Å². The number of sulfonamides is 1. The van der Waals surface area contributed by atoms with Crippen molar-refractivity contribution in [1.29, 1.82) is 0 Å². The van der Waals surface area contributed by atoms with Crippen molar-refractivity contribution < 1.29 is 26.8 Å². The summed E-state index contributed by atoms with van der Waals surface area (Å²) in [5.41, 5.74) is 1.14. The van der Waals surface area contributed by atoms with Crippen LogP contribution in [0.4, 0.5) is 26.0 Å². The van der Waals surface area contributed by atoms with Gasteiger partial charge >= 0.3 is 0 Å². The summed E-state index contributed by atoms with van der Waals surface area (Å²) in [6.07, 6.45) is 3.13. The number of hydrogen-bond acceptors (Lipinski definition) is 6. The summed E-state index contributed by atoms with van der Waals surface area (Å²) >= 11 is 0. The van der Waals surface area contributed by atoms with E-state index in [0.717, 1.165) is 22.1 Å². The highest BCUT2D eigenvalue weighted by molar-refractivity contribution is 7.89. The monoisotopic (exact) mass is 583 g/mol. The molecule has 11 nitrogen and oxygen atoms in total. The third-order valence-corrected chi connectivity index (χ3v) is 8.93. The Morgan fingerprint density at radius 2 is 1.73 bits per heavy atom. The van der Waals surface area contributed by atoms with E-state index in [4.69, 9.17) is 0 Å². The minimum atomic E-state index is -4.34. The van der Waals surface area contributed by atoms with Crippen LogP contribution in [0.25, 0.3) is 0 Å². The van der Waals surface area contributed by atoms with Gasteiger partial charge in [-0.2, -0.15) is 9.40 Å². The minimum absolute atomic E-state index is 0.0841. The van der Waals surface area contributed by atoms with Crippen LogP contribution in [0.3, 0.4) is 0 Å². The lowest BCUT2D eigenvalue weighted by Gasteiger charge is -2.30. The van der Waals surface area contributed by atoms with E-state index in [-0.39, 0.29) is 23.6 Å². The van der Waals surface area contributed by atoms with Crippen molar-refractivity contribution in [2.75, 3.05) is 29.6 Å². The number of carbonyl (C=O) groups is 2. The molecule has 41 heavy (non-hydrogen) atoms. The molecule has 214 valence electrons. The number of amides is 2. The van der Waals surface area contributed by atoms with Crippen molar-refractivity contribution in [2.24, 2.45) is 0 Å². The number of aromatic amines is 2. The van der Waals surface area contributed by atoms with Crippen molar-refractivity contribution in [3.05, 3.63) is 88.9 Å². The summed E-state index contributed by atoms with van der Waals surface area (Å²) in [6.45, 7) is 3.01. The van der Waals surface area contributed by atoms with Gasteiger partial charge in [-0.1, -0.05) is 0 Å². The molecule has 0 saturated heterocycles. The van der Waals surface area contributed by atoms with E-state index in [1.165, 1.54) is 6.20 Å². The van der Waals surface area contributed by atoms with E-state index in [2.05, 4.69) is 25.8 Å². The topological polar surface area (TPSA) is 143 Å². The molecule has 0 radical (unpaired) electrons. The smallest absolute Gasteiger partial charge is 0.258 e. The number of anilines is 3. The van der Waals surface area contributed by atoms with Crippen LogP contribution in [-0.4, -0.2) is 53.8 Å². The molecule has 1 aliphatic heterocycles. The third-order valence-electron chi connectivity index (χ3n) is 6.93. The molecule has 5 rings (SSSR count). The molecule has 2 aromatic carbocycles. The number of H-pyrrole nitrogens is 2. The van der Waals surface area contributed by atoms with E-state index >= 15 is 0 Å². The summed E-state index contributed by atoms with van der Waals surface area (Å²) in [5, 5.41) is 12.5. The number of fused-ring (bicyclic) bond motifs is 1. The molecule has 2 aromatic heterocycles. The standard InChI is InChI=1S/C27H27F2N7O4S/c1-27(2)23-21(14-36(27)41(39,40)19-10-16(28)9-17(29)11-19)24(34-33-23)32-26(38)20-6-5-18(35(3)4)12-22(20)31-25(37)15-7-8-30-13-15/h5-13,30H,14H2,1-4H3,(H,31,37)(H2,32,33,34,38). The van der Waals surface area contributed by atoms with Gasteiger partial charge in [0.25, 0.3) is 11.8 Å². The molecule has 2 amide bonds. The Hall–Kier alpha value is -4.56. The zero-order valence-corrected chi connectivity index (χ0v) is 23.4. The highest BCUT2D eigenvalue weighted by atomic mass is 32.2. The van der Waals surface area contributed by atoms with E-state index in [9.17, 15) is 26.8 Å². The van der Waals surface area contributed by atoms with Gasteiger partial charge in [0, 0.05) is 50.4 Å². The zero-order chi connectivity index (χ0) is 29.7. The van der Waals surface area contributed by atoms with Crippen molar-refractivity contribution >= 4 is 39.0 Å². The SMILES string of the molecule is CN(C)c1ccc(C(=O)Nc2n[nH]c3c2CN(S(=O)(=O)c2cc(F)cc(F)c2)C3(C)C)c(NC(=O)c2cc[nH]c2)c1. The van der Waals surface area contributed by atoms with E-state index in [0.29, 0.717) is 22.9 Å². The number of halogens is 2. The second kappa shape index (κ2) is 10.1. The fourth-order valence-corrected chi connectivity index (χ4v) is 6.50. The number of nitrogens with zero attached hydrogens (tertiary/aromatic N) is 3. The Labute approximate surface area is 234 Å². The third kappa shape index (κ3) is 5.07. The lowest BCUT2D eigenvalue weighted by atomic mass is 10.0. The average molecular weight is 584 g/mol. The molecular formula is C27H27F2N7O4S. The number of nitrogens with one attached hydrogen (secondary N) is 4. The van der Waals surface area contributed by atoms with Gasteiger partial charge in [-0.05, 0) is 50.2 Å². The zero-order valence-electron chi connectivity index (χ0n) is 22.5. The first-order valence-electron chi connectivity index (χ1n) is 12.4. The maximum atomic E-state index is 13.9. The number of carbonyl (C=O) groups excluding carboxylic acids is 2. The van der Waals surface area contributed by atoms with Gasteiger partial charge in [0.2, 0.25) is 10.0 Å². The van der Waals surface area contributed by atoms with Crippen molar-refractivity contribution in [1.82, 2.24) is 19.5 Å². The van der Waals surface area contributed by atoms with Crippen molar-refractivity contribution in [3.8, 4) is 0 Å². The lowest BCUT2D eigenvalue weighted by Crippen LogP contribution is -2.40. The number of rotatable bonds is 7. The summed E-state index contributed by atoms with van der Waals surface area (Å²) in [5.74, 6) is -2.98. The quantitative estimate of drug-likeness (QED) is 0.259. The molecule has 0 spiro atoms. The highest BCUT2D eigenvalue weighted by Gasteiger charge is 2.48. The normalized spacial score (nSPS) is 14.5. The van der Waals surface area contributed by atoms with Crippen LogP contribution in [0.1, 0.15) is 45.8 Å². The molecule has 3 heterocycles. The first-order valence-corrected chi connectivity index (χ1v) is 13.9. The summed E-state index contributed by atoms with van der Waals surface area (Å²) in [6, 6.07) is 8.62. The maximum Gasteiger partial charge on any atom is 0.258 e. The molecule has 0 bridgehead atoms. The van der Waals surface area contributed by atoms with Gasteiger partial charge in [-0.25, -0.2) is 17.2 Å². The first-order chi connectivity index (χ1) is 19.3. The fourth-order valence-electron chi connectivity index (χ4n) is 4.73. The highest BCUT2D eigenvalue weighted by Crippen LogP contribution is 2.44. The van der Waals surface area contributed by atoms with Gasteiger partial charge in [0.05, 0.1) is 32.9 Å². The van der Waals surface area contributed by atoms with Crippen LogP contribution in [-0.2, 0) is 22.1 Å². The molecule has 0 saturated carbocycles. The van der Waals surface area contributed by atoms with Crippen LogP contribution >= 0.6 is 0 Å². The lowest BCUT2D eigenvalue weighted by molar-refractivity contribution is 0.102. The van der Waals surface area contributed by atoms with Crippen LogP contribution in [0, 0.1) is 11.6 Å². The predicted molar refractivity (Wildman–Crippen MR) is 148 cm³/mol. The summed E-state index contributed by atoms with van der Waals surface area (Å²) in [7, 11) is -0.705. The van der Waals surface area contributed by atoms with Crippen LogP contribution in [0.5, 0.6) is 0 Å². The summed E-state index contributed by atoms with van der Waals surface area (Å²) in [4.78, 5) is 30.3. The van der Waals surface area contributed by atoms with Crippen LogP contribution < -0.4 is 15.5 Å². The van der Waals surface area contributed by atoms with E-state index < -0.39 is 43.9 Å². The van der Waals surface area contributed by atoms with Crippen LogP contribution in [0.15, 0.2) is 59.8 Å². The Bertz CT molecular complexity index is 1750. The Kier molecular flexibility index (Phi) is 6.91. The molecular weight excluding hydrogens is 556 g/mol. The summed E-state index contributed by atoms with van der Waals surface area (Å²) < 4.78 is 55.7. The average Bonchev–Trinajstić information content (AvgIpc) is 3.62. The minimum Gasteiger partial charge on any atom is -0.378 e. The molecule has 0 atom stereocenters. The van der Waals surface area contributed by atoms with Gasteiger partial charge in [0.1, 0.15) is 11.6 Å². The molecule has 0 unspecified atom stereocenters. The maximum absolute atomic E-state index is 13.9. The Morgan fingerprint density at radius 1 is 1.02 bits per heavy atom. The molecule has 0 fully saturated rings. The van der Waals surface area contributed by atoms with Gasteiger partial charge in [-0.15, -0.1) is 0 Å². The first kappa shape index (κ1) is 28.0. The van der Waals surface area contributed by atoms with Crippen molar-refractivity contribution in [2.45, 2.75) is 30.8 Å². The molecule has 0 aliphatic carbocycles. The fraction of sp³-hybridized carbons (Fsp3) is 0.222. The number of hydrogen-bond donors (Lipinski definition) is 4. The van der Waals surface area contributed by atoms with E-state index in [1.54, 1.807) is 44.3 Å². The Balaban J connectivity index is 1.45. The largest absolute Gasteiger partial charge is 0.378 e. The molecule has 4 N–H and O–H groups in total. The number of aromatic nitrogens is 3. The van der Waals surface area contributed by atoms with Crippen LogP contribution in [0.2, 0.25) is 0 Å². The van der Waals surface area contributed by atoms with Gasteiger partial charge in [0.15, 0.2) is 5.82 Å². The van der Waals surface area contributed by atoms with Crippen molar-refractivity contribution in [3.63, 3.8) is 0 Å². The Morgan fingerprint density at radius 3 is 2.37 bits per heavy atom. The van der Waals surface area contributed by atoms with Gasteiger partial charge < -0.3 is 20.5 Å². The predicted octanol–water partition coefficient (Wildman–Crippen LogP) is 4.03. The second-order valence-electron chi connectivity index (χ2n) is 10.2. The second-order valence-corrected chi connectivity index (χ2v) is 12.1. The van der Waals surface area contributed by atoms with E-state index in [1.807, 2.05) is 19.0 Å².